The first-order valence-electron chi connectivity index (χ1n) is 7.45. The summed E-state index contributed by atoms with van der Waals surface area (Å²) in [7, 11) is 0. The molecule has 1 aliphatic rings. The Kier molecular flexibility index (Phi) is 4.62. The lowest BCUT2D eigenvalue weighted by molar-refractivity contribution is 0.249. The standard InChI is InChI=1S/C17H26FN/c1-13(2)11-19-12-17(3,15-8-9-15)10-14-6-4-5-7-16(14)18/h4-7,13,15,19H,8-12H2,1-3H3. The average Bonchev–Trinajstić information content (AvgIpc) is 3.16. The van der Waals surface area contributed by atoms with Crippen LogP contribution in [0.4, 0.5) is 4.39 Å². The second-order valence-corrected chi connectivity index (χ2v) is 6.72. The molecule has 1 fully saturated rings. The molecule has 0 amide bonds. The molecule has 0 spiro atoms. The molecule has 0 radical (unpaired) electrons. The Morgan fingerprint density at radius 3 is 2.58 bits per heavy atom. The van der Waals surface area contributed by atoms with Crippen LogP contribution in [0.15, 0.2) is 24.3 Å². The highest BCUT2D eigenvalue weighted by molar-refractivity contribution is 5.20. The van der Waals surface area contributed by atoms with E-state index in [1.54, 1.807) is 12.1 Å². The largest absolute Gasteiger partial charge is 0.316 e. The molecule has 1 nitrogen and oxygen atoms in total. The molecule has 1 N–H and O–H groups in total. The molecule has 1 aromatic carbocycles. The van der Waals surface area contributed by atoms with E-state index >= 15 is 0 Å². The molecular formula is C17H26FN. The van der Waals surface area contributed by atoms with Crippen molar-refractivity contribution < 1.29 is 4.39 Å². The van der Waals surface area contributed by atoms with Crippen LogP contribution < -0.4 is 5.32 Å². The fourth-order valence-electron chi connectivity index (χ4n) is 2.85. The Morgan fingerprint density at radius 2 is 2.00 bits per heavy atom. The molecule has 0 saturated heterocycles. The smallest absolute Gasteiger partial charge is 0.126 e. The van der Waals surface area contributed by atoms with Gasteiger partial charge in [0.1, 0.15) is 5.82 Å². The van der Waals surface area contributed by atoms with Crippen LogP contribution in [-0.4, -0.2) is 13.1 Å². The van der Waals surface area contributed by atoms with E-state index in [1.807, 2.05) is 12.1 Å². The highest BCUT2D eigenvalue weighted by atomic mass is 19.1. The van der Waals surface area contributed by atoms with Gasteiger partial charge >= 0.3 is 0 Å². The number of hydrogen-bond donors (Lipinski definition) is 1. The van der Waals surface area contributed by atoms with Gasteiger partial charge in [-0.25, -0.2) is 4.39 Å². The molecule has 1 unspecified atom stereocenters. The van der Waals surface area contributed by atoms with Crippen LogP contribution in [0.3, 0.4) is 0 Å². The van der Waals surface area contributed by atoms with Gasteiger partial charge in [0.15, 0.2) is 0 Å². The number of halogens is 1. The van der Waals surface area contributed by atoms with Crippen molar-refractivity contribution in [2.45, 2.75) is 40.0 Å². The van der Waals surface area contributed by atoms with Crippen LogP contribution in [0.2, 0.25) is 0 Å². The molecule has 1 aromatic rings. The van der Waals surface area contributed by atoms with E-state index in [9.17, 15) is 4.39 Å². The lowest BCUT2D eigenvalue weighted by Crippen LogP contribution is -2.37. The molecule has 0 aliphatic heterocycles. The maximum Gasteiger partial charge on any atom is 0.126 e. The third kappa shape index (κ3) is 4.04. The third-order valence-corrected chi connectivity index (χ3v) is 4.20. The zero-order valence-electron chi connectivity index (χ0n) is 12.4. The van der Waals surface area contributed by atoms with Crippen molar-refractivity contribution in [1.82, 2.24) is 5.32 Å². The van der Waals surface area contributed by atoms with E-state index in [4.69, 9.17) is 0 Å². The van der Waals surface area contributed by atoms with Crippen LogP contribution in [0.5, 0.6) is 0 Å². The maximum absolute atomic E-state index is 13.8. The van der Waals surface area contributed by atoms with Crippen molar-refractivity contribution >= 4 is 0 Å². The van der Waals surface area contributed by atoms with Crippen molar-refractivity contribution in [2.75, 3.05) is 13.1 Å². The lowest BCUT2D eigenvalue weighted by Gasteiger charge is -2.31. The first-order chi connectivity index (χ1) is 9.01. The van der Waals surface area contributed by atoms with Gasteiger partial charge in [0, 0.05) is 6.54 Å². The van der Waals surface area contributed by atoms with E-state index in [1.165, 1.54) is 12.8 Å². The number of rotatable bonds is 7. The SMILES string of the molecule is CC(C)CNCC(C)(Cc1ccccc1F)C1CC1. The second kappa shape index (κ2) is 6.04. The third-order valence-electron chi connectivity index (χ3n) is 4.20. The fourth-order valence-corrected chi connectivity index (χ4v) is 2.85. The zero-order chi connectivity index (χ0) is 13.9. The molecule has 0 aromatic heterocycles. The zero-order valence-corrected chi connectivity index (χ0v) is 12.4. The Hall–Kier alpha value is -0.890. The molecule has 2 heteroatoms. The van der Waals surface area contributed by atoms with Crippen LogP contribution in [-0.2, 0) is 6.42 Å². The van der Waals surface area contributed by atoms with Gasteiger partial charge in [0.25, 0.3) is 0 Å². The Balaban J connectivity index is 2.01. The second-order valence-electron chi connectivity index (χ2n) is 6.72. The number of benzene rings is 1. The minimum absolute atomic E-state index is 0.0572. The van der Waals surface area contributed by atoms with E-state index < -0.39 is 0 Å². The topological polar surface area (TPSA) is 12.0 Å². The van der Waals surface area contributed by atoms with E-state index in [2.05, 4.69) is 26.1 Å². The predicted molar refractivity (Wildman–Crippen MR) is 78.6 cm³/mol. The van der Waals surface area contributed by atoms with Gasteiger partial charge in [-0.15, -0.1) is 0 Å². The Labute approximate surface area is 116 Å². The summed E-state index contributed by atoms with van der Waals surface area (Å²) in [5.41, 5.74) is 1.06. The molecule has 1 atom stereocenters. The van der Waals surface area contributed by atoms with Gasteiger partial charge in [0.05, 0.1) is 0 Å². The molecule has 1 aliphatic carbocycles. The van der Waals surface area contributed by atoms with Crippen molar-refractivity contribution in [3.05, 3.63) is 35.6 Å². The molecule has 106 valence electrons. The van der Waals surface area contributed by atoms with Crippen LogP contribution in [0.1, 0.15) is 39.2 Å². The summed E-state index contributed by atoms with van der Waals surface area (Å²) in [6, 6.07) is 7.21. The summed E-state index contributed by atoms with van der Waals surface area (Å²) in [5, 5.41) is 3.56. The van der Waals surface area contributed by atoms with Gasteiger partial charge in [-0.3, -0.25) is 0 Å². The van der Waals surface area contributed by atoms with Crippen molar-refractivity contribution in [2.24, 2.45) is 17.3 Å². The number of nitrogens with one attached hydrogen (secondary N) is 1. The fraction of sp³-hybridized carbons (Fsp3) is 0.647. The van der Waals surface area contributed by atoms with Gasteiger partial charge < -0.3 is 5.32 Å². The lowest BCUT2D eigenvalue weighted by atomic mass is 9.78. The minimum atomic E-state index is -0.0572. The van der Waals surface area contributed by atoms with Crippen LogP contribution in [0, 0.1) is 23.1 Å². The quantitative estimate of drug-likeness (QED) is 0.783. The monoisotopic (exact) mass is 263 g/mol. The molecule has 19 heavy (non-hydrogen) atoms. The molecule has 2 rings (SSSR count). The highest BCUT2D eigenvalue weighted by Crippen LogP contribution is 2.47. The van der Waals surface area contributed by atoms with E-state index in [0.29, 0.717) is 5.92 Å². The van der Waals surface area contributed by atoms with E-state index in [0.717, 1.165) is 31.0 Å². The Morgan fingerprint density at radius 1 is 1.32 bits per heavy atom. The summed E-state index contributed by atoms with van der Waals surface area (Å²) in [6.45, 7) is 8.78. The first kappa shape index (κ1) is 14.5. The Bertz CT molecular complexity index is 411. The maximum atomic E-state index is 13.8. The van der Waals surface area contributed by atoms with Crippen molar-refractivity contribution in [3.63, 3.8) is 0 Å². The summed E-state index contributed by atoms with van der Waals surface area (Å²) in [6.07, 6.45) is 3.44. The summed E-state index contributed by atoms with van der Waals surface area (Å²) >= 11 is 0. The van der Waals surface area contributed by atoms with Gasteiger partial charge in [-0.1, -0.05) is 39.0 Å². The molecule has 1 saturated carbocycles. The minimum Gasteiger partial charge on any atom is -0.316 e. The van der Waals surface area contributed by atoms with Crippen LogP contribution >= 0.6 is 0 Å². The van der Waals surface area contributed by atoms with Gasteiger partial charge in [0.2, 0.25) is 0 Å². The highest BCUT2D eigenvalue weighted by Gasteiger charge is 2.41. The molecular weight excluding hydrogens is 237 g/mol. The molecule has 0 heterocycles. The number of hydrogen-bond acceptors (Lipinski definition) is 1. The normalized spacial score (nSPS) is 18.6. The predicted octanol–water partition coefficient (Wildman–Crippen LogP) is 4.03. The van der Waals surface area contributed by atoms with Crippen molar-refractivity contribution in [3.8, 4) is 0 Å². The molecule has 0 bridgehead atoms. The van der Waals surface area contributed by atoms with Gasteiger partial charge in [-0.2, -0.15) is 0 Å². The van der Waals surface area contributed by atoms with Gasteiger partial charge in [-0.05, 0) is 54.7 Å². The summed E-state index contributed by atoms with van der Waals surface area (Å²) < 4.78 is 13.8. The van der Waals surface area contributed by atoms with E-state index in [-0.39, 0.29) is 11.2 Å². The van der Waals surface area contributed by atoms with Crippen LogP contribution in [0.25, 0.3) is 0 Å². The summed E-state index contributed by atoms with van der Waals surface area (Å²) in [5.74, 6) is 1.36. The average molecular weight is 263 g/mol. The van der Waals surface area contributed by atoms with Crippen molar-refractivity contribution in [1.29, 1.82) is 0 Å². The first-order valence-corrected chi connectivity index (χ1v) is 7.45. The summed E-state index contributed by atoms with van der Waals surface area (Å²) in [4.78, 5) is 0.